The van der Waals surface area contributed by atoms with Gasteiger partial charge in [0.2, 0.25) is 11.8 Å². The third-order valence-corrected chi connectivity index (χ3v) is 3.83. The number of rotatable bonds is 6. The van der Waals surface area contributed by atoms with Crippen LogP contribution in [0.4, 0.5) is 0 Å². The minimum atomic E-state index is -0.409. The Balaban J connectivity index is 0.00000200. The third-order valence-electron chi connectivity index (χ3n) is 3.83. The number of hydrogen-bond acceptors (Lipinski definition) is 3. The molecule has 0 spiro atoms. The highest BCUT2D eigenvalue weighted by molar-refractivity contribution is 5.88. The van der Waals surface area contributed by atoms with Crippen LogP contribution in [-0.2, 0) is 9.59 Å². The van der Waals surface area contributed by atoms with Crippen LogP contribution in [0.5, 0.6) is 0 Å². The van der Waals surface area contributed by atoms with Crippen LogP contribution in [0.3, 0.4) is 0 Å². The van der Waals surface area contributed by atoms with Crippen molar-refractivity contribution < 1.29 is 9.59 Å². The number of hydrogen-bond donors (Lipinski definition) is 2. The maximum atomic E-state index is 12.1. The molecule has 20 heavy (non-hydrogen) atoms. The monoisotopic (exact) mass is 303 g/mol. The van der Waals surface area contributed by atoms with Crippen LogP contribution in [0.25, 0.3) is 0 Å². The lowest BCUT2D eigenvalue weighted by atomic mass is 10.1. The first-order valence-electron chi connectivity index (χ1n) is 7.45. The van der Waals surface area contributed by atoms with Gasteiger partial charge in [0, 0.05) is 13.1 Å². The second kappa shape index (κ2) is 8.47. The molecule has 0 aromatic carbocycles. The van der Waals surface area contributed by atoms with Crippen molar-refractivity contribution in [2.75, 3.05) is 26.2 Å². The highest BCUT2D eigenvalue weighted by Gasteiger charge is 2.24. The number of halogens is 1. The molecule has 0 aromatic heterocycles. The molecule has 1 aliphatic heterocycles. The normalized spacial score (nSPS) is 19.9. The Bertz CT molecular complexity index is 328. The van der Waals surface area contributed by atoms with Crippen molar-refractivity contribution in [2.45, 2.75) is 45.1 Å². The largest absolute Gasteiger partial charge is 0.343 e. The SMILES string of the molecule is CC(NC(=O)CNCC1CC1)C(=O)N1CCCCC1.Cl. The van der Waals surface area contributed by atoms with E-state index in [2.05, 4.69) is 10.6 Å². The van der Waals surface area contributed by atoms with Crippen molar-refractivity contribution in [3.8, 4) is 0 Å². The number of nitrogens with one attached hydrogen (secondary N) is 2. The Morgan fingerprint density at radius 2 is 1.85 bits per heavy atom. The van der Waals surface area contributed by atoms with Crippen LogP contribution in [0, 0.1) is 5.92 Å². The summed E-state index contributed by atoms with van der Waals surface area (Å²) in [6.45, 7) is 4.67. The minimum Gasteiger partial charge on any atom is -0.343 e. The second-order valence-electron chi connectivity index (χ2n) is 5.75. The van der Waals surface area contributed by atoms with Gasteiger partial charge in [0.1, 0.15) is 6.04 Å². The van der Waals surface area contributed by atoms with Gasteiger partial charge in [-0.25, -0.2) is 0 Å². The molecule has 2 aliphatic rings. The van der Waals surface area contributed by atoms with Crippen LogP contribution < -0.4 is 10.6 Å². The lowest BCUT2D eigenvalue weighted by molar-refractivity contribution is -0.136. The summed E-state index contributed by atoms with van der Waals surface area (Å²) in [6.07, 6.45) is 5.91. The number of piperidine rings is 1. The Kier molecular flexibility index (Phi) is 7.30. The maximum absolute atomic E-state index is 12.1. The molecule has 1 aliphatic carbocycles. The van der Waals surface area contributed by atoms with Crippen molar-refractivity contribution in [1.29, 1.82) is 0 Å². The zero-order chi connectivity index (χ0) is 13.7. The van der Waals surface area contributed by atoms with Crippen LogP contribution in [0.2, 0.25) is 0 Å². The molecule has 5 nitrogen and oxygen atoms in total. The fourth-order valence-corrected chi connectivity index (χ4v) is 2.45. The summed E-state index contributed by atoms with van der Waals surface area (Å²) in [5.41, 5.74) is 0. The molecule has 2 fully saturated rings. The molecule has 116 valence electrons. The van der Waals surface area contributed by atoms with Crippen molar-refractivity contribution in [1.82, 2.24) is 15.5 Å². The second-order valence-corrected chi connectivity index (χ2v) is 5.75. The highest BCUT2D eigenvalue weighted by atomic mass is 35.5. The van der Waals surface area contributed by atoms with Crippen LogP contribution in [0.1, 0.15) is 39.0 Å². The highest BCUT2D eigenvalue weighted by Crippen LogP contribution is 2.27. The lowest BCUT2D eigenvalue weighted by Gasteiger charge is -2.29. The van der Waals surface area contributed by atoms with Crippen LogP contribution in [-0.4, -0.2) is 48.9 Å². The molecule has 1 saturated carbocycles. The maximum Gasteiger partial charge on any atom is 0.244 e. The molecule has 1 saturated heterocycles. The van der Waals surface area contributed by atoms with Crippen LogP contribution in [0.15, 0.2) is 0 Å². The van der Waals surface area contributed by atoms with Gasteiger partial charge in [-0.1, -0.05) is 0 Å². The molecule has 2 N–H and O–H groups in total. The van der Waals surface area contributed by atoms with E-state index in [1.54, 1.807) is 6.92 Å². The summed E-state index contributed by atoms with van der Waals surface area (Å²) in [4.78, 5) is 25.7. The fourth-order valence-electron chi connectivity index (χ4n) is 2.45. The molecule has 2 rings (SSSR count). The van der Waals surface area contributed by atoms with Crippen molar-refractivity contribution in [2.24, 2.45) is 5.92 Å². The van der Waals surface area contributed by atoms with Gasteiger partial charge in [0.15, 0.2) is 0 Å². The van der Waals surface area contributed by atoms with Crippen molar-refractivity contribution in [3.63, 3.8) is 0 Å². The standard InChI is InChI=1S/C14H25N3O2.ClH/c1-11(14(19)17-7-3-2-4-8-17)16-13(18)10-15-9-12-5-6-12;/h11-12,15H,2-10H2,1H3,(H,16,18);1H. The van der Waals surface area contributed by atoms with Crippen molar-refractivity contribution >= 4 is 24.2 Å². The summed E-state index contributed by atoms with van der Waals surface area (Å²) in [5.74, 6) is 0.731. The van der Waals surface area contributed by atoms with Gasteiger partial charge in [-0.15, -0.1) is 12.4 Å². The number of carbonyl (C=O) groups excluding carboxylic acids is 2. The van der Waals surface area contributed by atoms with E-state index in [0.29, 0.717) is 6.54 Å². The zero-order valence-electron chi connectivity index (χ0n) is 12.2. The predicted molar refractivity (Wildman–Crippen MR) is 80.9 cm³/mol. The van der Waals surface area contributed by atoms with E-state index in [-0.39, 0.29) is 24.2 Å². The Labute approximate surface area is 127 Å². The van der Waals surface area contributed by atoms with Gasteiger partial charge in [-0.2, -0.15) is 0 Å². The molecular formula is C14H26ClN3O2. The summed E-state index contributed by atoms with van der Waals surface area (Å²) >= 11 is 0. The molecule has 1 unspecified atom stereocenters. The number of carbonyl (C=O) groups is 2. The number of amides is 2. The predicted octanol–water partition coefficient (Wildman–Crippen LogP) is 0.925. The average Bonchev–Trinajstić information content (AvgIpc) is 3.23. The van der Waals surface area contributed by atoms with Crippen molar-refractivity contribution in [3.05, 3.63) is 0 Å². The average molecular weight is 304 g/mol. The van der Waals surface area contributed by atoms with Gasteiger partial charge in [-0.05, 0) is 51.5 Å². The van der Waals surface area contributed by atoms with Gasteiger partial charge >= 0.3 is 0 Å². The van der Waals surface area contributed by atoms with E-state index in [9.17, 15) is 9.59 Å². The molecule has 1 atom stereocenters. The van der Waals surface area contributed by atoms with E-state index in [1.807, 2.05) is 4.90 Å². The fraction of sp³-hybridized carbons (Fsp3) is 0.857. The summed E-state index contributed by atoms with van der Waals surface area (Å²) in [7, 11) is 0. The Morgan fingerprint density at radius 3 is 2.45 bits per heavy atom. The van der Waals surface area contributed by atoms with Gasteiger partial charge in [-0.3, -0.25) is 9.59 Å². The Hall–Kier alpha value is -0.810. The van der Waals surface area contributed by atoms with E-state index in [1.165, 1.54) is 19.3 Å². The van der Waals surface area contributed by atoms with E-state index in [0.717, 1.165) is 38.4 Å². The zero-order valence-corrected chi connectivity index (χ0v) is 13.0. The molecular weight excluding hydrogens is 278 g/mol. The van der Waals surface area contributed by atoms with E-state index in [4.69, 9.17) is 0 Å². The first-order valence-corrected chi connectivity index (χ1v) is 7.45. The van der Waals surface area contributed by atoms with Crippen LogP contribution >= 0.6 is 12.4 Å². The quantitative estimate of drug-likeness (QED) is 0.767. The summed E-state index contributed by atoms with van der Waals surface area (Å²) in [5, 5.41) is 5.91. The topological polar surface area (TPSA) is 61.4 Å². The number of likely N-dealkylation sites (tertiary alicyclic amines) is 1. The van der Waals surface area contributed by atoms with Gasteiger partial charge in [0.05, 0.1) is 6.54 Å². The number of nitrogens with zero attached hydrogens (tertiary/aromatic N) is 1. The lowest BCUT2D eigenvalue weighted by Crippen LogP contribution is -2.50. The van der Waals surface area contributed by atoms with E-state index < -0.39 is 6.04 Å². The third kappa shape index (κ3) is 5.67. The Morgan fingerprint density at radius 1 is 1.20 bits per heavy atom. The molecule has 0 aromatic rings. The molecule has 0 radical (unpaired) electrons. The molecule has 2 amide bonds. The smallest absolute Gasteiger partial charge is 0.244 e. The minimum absolute atomic E-state index is 0. The first kappa shape index (κ1) is 17.2. The summed E-state index contributed by atoms with van der Waals surface area (Å²) < 4.78 is 0. The molecule has 1 heterocycles. The molecule has 6 heteroatoms. The first-order chi connectivity index (χ1) is 9.16. The molecule has 0 bridgehead atoms. The van der Waals surface area contributed by atoms with E-state index >= 15 is 0 Å². The van der Waals surface area contributed by atoms with Gasteiger partial charge in [0.25, 0.3) is 0 Å². The summed E-state index contributed by atoms with van der Waals surface area (Å²) in [6, 6.07) is -0.409. The van der Waals surface area contributed by atoms with Gasteiger partial charge < -0.3 is 15.5 Å².